The molecule has 0 N–H and O–H groups in total. The Hall–Kier alpha value is -0.520. The normalized spacial score (nSPS) is 33.5. The average molecular weight is 148 g/mol. The SMILES string of the molecule is C1=C2CC2/C=C/CCCCC1. The molecule has 1 fully saturated rings. The first-order valence-electron chi connectivity index (χ1n) is 4.82. The fourth-order valence-electron chi connectivity index (χ4n) is 1.75. The molecular formula is C11H16. The fourth-order valence-corrected chi connectivity index (χ4v) is 1.75. The number of rotatable bonds is 0. The van der Waals surface area contributed by atoms with Crippen LogP contribution in [-0.2, 0) is 0 Å². The standard InChI is InChI=1S/C11H16/c1-2-4-6-8-11-9-10(11)7-5-3-1/h5,7-8,10H,1-4,6,9H2/b7-5+,11-8?. The highest BCUT2D eigenvalue weighted by atomic mass is 14.3. The molecule has 0 aliphatic heterocycles. The van der Waals surface area contributed by atoms with Crippen LogP contribution in [0.1, 0.15) is 38.5 Å². The predicted octanol–water partition coefficient (Wildman–Crippen LogP) is 3.45. The smallest absolute Gasteiger partial charge is 0.00144 e. The lowest BCUT2D eigenvalue weighted by Crippen LogP contribution is -1.77. The molecule has 0 nitrogen and oxygen atoms in total. The molecule has 60 valence electrons. The first kappa shape index (κ1) is 7.15. The molecule has 0 spiro atoms. The molecule has 2 aliphatic carbocycles. The maximum atomic E-state index is 2.46. The minimum Gasteiger partial charge on any atom is -0.0879 e. The van der Waals surface area contributed by atoms with Gasteiger partial charge in [0.15, 0.2) is 0 Å². The van der Waals surface area contributed by atoms with Crippen molar-refractivity contribution in [2.45, 2.75) is 38.5 Å². The first-order valence-corrected chi connectivity index (χ1v) is 4.82. The van der Waals surface area contributed by atoms with Crippen molar-refractivity contribution in [2.75, 3.05) is 0 Å². The zero-order valence-corrected chi connectivity index (χ0v) is 7.05. The van der Waals surface area contributed by atoms with Gasteiger partial charge in [-0.15, -0.1) is 0 Å². The monoisotopic (exact) mass is 148 g/mol. The van der Waals surface area contributed by atoms with Crippen LogP contribution in [0.4, 0.5) is 0 Å². The van der Waals surface area contributed by atoms with E-state index in [1.54, 1.807) is 5.57 Å². The molecule has 0 heterocycles. The van der Waals surface area contributed by atoms with Gasteiger partial charge in [0.2, 0.25) is 0 Å². The highest BCUT2D eigenvalue weighted by Crippen LogP contribution is 2.39. The summed E-state index contributed by atoms with van der Waals surface area (Å²) in [6, 6.07) is 0. The fraction of sp³-hybridized carbons (Fsp3) is 0.636. The lowest BCUT2D eigenvalue weighted by atomic mass is 10.1. The van der Waals surface area contributed by atoms with Gasteiger partial charge in [0.25, 0.3) is 0 Å². The summed E-state index contributed by atoms with van der Waals surface area (Å²) in [7, 11) is 0. The van der Waals surface area contributed by atoms with Gasteiger partial charge in [0, 0.05) is 5.92 Å². The summed E-state index contributed by atoms with van der Waals surface area (Å²) in [6.07, 6.45) is 15.4. The van der Waals surface area contributed by atoms with E-state index in [1.165, 1.54) is 38.5 Å². The largest absolute Gasteiger partial charge is 0.0879 e. The maximum Gasteiger partial charge on any atom is 0.00144 e. The third kappa shape index (κ3) is 1.95. The molecule has 2 rings (SSSR count). The summed E-state index contributed by atoms with van der Waals surface area (Å²) < 4.78 is 0. The molecule has 1 unspecified atom stereocenters. The van der Waals surface area contributed by atoms with Gasteiger partial charge in [-0.25, -0.2) is 0 Å². The van der Waals surface area contributed by atoms with Crippen molar-refractivity contribution in [3.8, 4) is 0 Å². The molecule has 0 heteroatoms. The van der Waals surface area contributed by atoms with Crippen LogP contribution in [0.3, 0.4) is 0 Å². The van der Waals surface area contributed by atoms with Crippen molar-refractivity contribution in [1.82, 2.24) is 0 Å². The van der Waals surface area contributed by atoms with Crippen molar-refractivity contribution < 1.29 is 0 Å². The average Bonchev–Trinajstić information content (AvgIpc) is 2.76. The minimum atomic E-state index is 0.855. The number of allylic oxidation sites excluding steroid dienone is 4. The zero-order chi connectivity index (χ0) is 7.52. The Morgan fingerprint density at radius 2 is 2.00 bits per heavy atom. The van der Waals surface area contributed by atoms with Gasteiger partial charge in [-0.1, -0.05) is 30.2 Å². The van der Waals surface area contributed by atoms with Crippen LogP contribution in [0.25, 0.3) is 0 Å². The van der Waals surface area contributed by atoms with Crippen LogP contribution in [0, 0.1) is 5.92 Å². The van der Waals surface area contributed by atoms with Crippen LogP contribution < -0.4 is 0 Å². The molecule has 0 radical (unpaired) electrons. The Balaban J connectivity index is 1.94. The van der Waals surface area contributed by atoms with Gasteiger partial charge in [0.05, 0.1) is 0 Å². The molecule has 0 aromatic carbocycles. The van der Waals surface area contributed by atoms with Crippen molar-refractivity contribution in [3.05, 3.63) is 23.8 Å². The van der Waals surface area contributed by atoms with E-state index in [9.17, 15) is 0 Å². The Morgan fingerprint density at radius 1 is 1.09 bits per heavy atom. The van der Waals surface area contributed by atoms with Crippen LogP contribution >= 0.6 is 0 Å². The van der Waals surface area contributed by atoms with E-state index in [-0.39, 0.29) is 0 Å². The van der Waals surface area contributed by atoms with Crippen LogP contribution in [0.5, 0.6) is 0 Å². The van der Waals surface area contributed by atoms with E-state index in [2.05, 4.69) is 18.2 Å². The summed E-state index contributed by atoms with van der Waals surface area (Å²) in [4.78, 5) is 0. The summed E-state index contributed by atoms with van der Waals surface area (Å²) >= 11 is 0. The summed E-state index contributed by atoms with van der Waals surface area (Å²) in [6.45, 7) is 0. The van der Waals surface area contributed by atoms with Gasteiger partial charge in [-0.05, 0) is 32.1 Å². The van der Waals surface area contributed by atoms with Crippen molar-refractivity contribution >= 4 is 0 Å². The predicted molar refractivity (Wildman–Crippen MR) is 48.4 cm³/mol. The molecular weight excluding hydrogens is 132 g/mol. The molecule has 0 aromatic heterocycles. The third-order valence-corrected chi connectivity index (χ3v) is 2.62. The van der Waals surface area contributed by atoms with Crippen LogP contribution in [0.2, 0.25) is 0 Å². The van der Waals surface area contributed by atoms with Crippen molar-refractivity contribution in [2.24, 2.45) is 5.92 Å². The van der Waals surface area contributed by atoms with Crippen LogP contribution in [-0.4, -0.2) is 0 Å². The van der Waals surface area contributed by atoms with Gasteiger partial charge < -0.3 is 0 Å². The van der Waals surface area contributed by atoms with E-state index in [1.807, 2.05) is 0 Å². The van der Waals surface area contributed by atoms with E-state index < -0.39 is 0 Å². The maximum absolute atomic E-state index is 2.46. The van der Waals surface area contributed by atoms with E-state index in [0.717, 1.165) is 5.92 Å². The number of hydrogen-bond donors (Lipinski definition) is 0. The Kier molecular flexibility index (Phi) is 2.11. The van der Waals surface area contributed by atoms with Gasteiger partial charge >= 0.3 is 0 Å². The Morgan fingerprint density at radius 3 is 3.00 bits per heavy atom. The van der Waals surface area contributed by atoms with Gasteiger partial charge in [0.1, 0.15) is 0 Å². The summed E-state index contributed by atoms with van der Waals surface area (Å²) in [5.74, 6) is 0.855. The van der Waals surface area contributed by atoms with E-state index in [0.29, 0.717) is 0 Å². The molecule has 0 amide bonds. The quantitative estimate of drug-likeness (QED) is 0.461. The molecule has 11 heavy (non-hydrogen) atoms. The van der Waals surface area contributed by atoms with Crippen molar-refractivity contribution in [1.29, 1.82) is 0 Å². The summed E-state index contributed by atoms with van der Waals surface area (Å²) in [5.41, 5.74) is 1.70. The second kappa shape index (κ2) is 3.25. The summed E-state index contributed by atoms with van der Waals surface area (Å²) in [5, 5.41) is 0. The highest BCUT2D eigenvalue weighted by Gasteiger charge is 2.25. The lowest BCUT2D eigenvalue weighted by molar-refractivity contribution is 0.693. The first-order chi connectivity index (χ1) is 5.47. The van der Waals surface area contributed by atoms with Crippen LogP contribution in [0.15, 0.2) is 23.8 Å². The molecule has 0 saturated heterocycles. The third-order valence-electron chi connectivity index (χ3n) is 2.62. The van der Waals surface area contributed by atoms with Gasteiger partial charge in [-0.2, -0.15) is 0 Å². The number of hydrogen-bond acceptors (Lipinski definition) is 0. The number of fused-ring (bicyclic) bond motifs is 1. The molecule has 0 bridgehead atoms. The molecule has 0 aromatic rings. The highest BCUT2D eigenvalue weighted by molar-refractivity contribution is 5.29. The second-order valence-electron chi connectivity index (χ2n) is 3.66. The Bertz CT molecular complexity index is 186. The topological polar surface area (TPSA) is 0 Å². The van der Waals surface area contributed by atoms with E-state index in [4.69, 9.17) is 0 Å². The van der Waals surface area contributed by atoms with E-state index >= 15 is 0 Å². The molecule has 1 atom stereocenters. The van der Waals surface area contributed by atoms with Crippen molar-refractivity contribution in [3.63, 3.8) is 0 Å². The minimum absolute atomic E-state index is 0.855. The zero-order valence-electron chi connectivity index (χ0n) is 7.05. The molecule has 2 aliphatic rings. The lowest BCUT2D eigenvalue weighted by Gasteiger charge is -1.96. The second-order valence-corrected chi connectivity index (χ2v) is 3.66. The Labute approximate surface area is 69.0 Å². The van der Waals surface area contributed by atoms with Gasteiger partial charge in [-0.3, -0.25) is 0 Å². The molecule has 1 saturated carbocycles.